The van der Waals surface area contributed by atoms with Gasteiger partial charge in [-0.1, -0.05) is 12.2 Å². The first kappa shape index (κ1) is 14.4. The summed E-state index contributed by atoms with van der Waals surface area (Å²) in [7, 11) is 0. The Balaban J connectivity index is 2.17. The van der Waals surface area contributed by atoms with Crippen LogP contribution in [0.4, 0.5) is 5.69 Å². The van der Waals surface area contributed by atoms with Gasteiger partial charge in [-0.15, -0.1) is 11.3 Å². The highest BCUT2D eigenvalue weighted by Crippen LogP contribution is 2.28. The zero-order valence-electron chi connectivity index (χ0n) is 10.6. The van der Waals surface area contributed by atoms with Crippen molar-refractivity contribution in [3.63, 3.8) is 0 Å². The van der Waals surface area contributed by atoms with Crippen molar-refractivity contribution >= 4 is 50.2 Å². The summed E-state index contributed by atoms with van der Waals surface area (Å²) in [5.74, 6) is 0. The van der Waals surface area contributed by atoms with Crippen LogP contribution in [0, 0.1) is 6.92 Å². The Morgan fingerprint density at radius 1 is 1.53 bits per heavy atom. The van der Waals surface area contributed by atoms with Crippen LogP contribution in [0.15, 0.2) is 28.1 Å². The zero-order valence-corrected chi connectivity index (χ0v) is 13.8. The summed E-state index contributed by atoms with van der Waals surface area (Å²) in [5, 5.41) is 6.55. The van der Waals surface area contributed by atoms with E-state index in [0.717, 1.165) is 26.4 Å². The molecule has 100 valence electrons. The number of nitrogens with two attached hydrogens (primary N) is 1. The molecule has 1 unspecified atom stereocenters. The van der Waals surface area contributed by atoms with Crippen LogP contribution in [0.25, 0.3) is 0 Å². The van der Waals surface area contributed by atoms with Crippen LogP contribution in [0.2, 0.25) is 0 Å². The molecule has 1 aromatic heterocycles. The van der Waals surface area contributed by atoms with Crippen LogP contribution in [-0.4, -0.2) is 9.97 Å². The number of nitrogens with zero attached hydrogens (tertiary/aromatic N) is 1. The average Bonchev–Trinajstić information content (AvgIpc) is 2.78. The maximum atomic E-state index is 5.61. The maximum Gasteiger partial charge on any atom is 0.115 e. The third-order valence-corrected chi connectivity index (χ3v) is 4.67. The molecule has 0 aliphatic heterocycles. The normalized spacial score (nSPS) is 12.2. The lowest BCUT2D eigenvalue weighted by Crippen LogP contribution is -2.10. The average molecular weight is 356 g/mol. The Morgan fingerprint density at radius 3 is 2.79 bits per heavy atom. The number of aryl methyl sites for hydroxylation is 1. The summed E-state index contributed by atoms with van der Waals surface area (Å²) >= 11 is 10.1. The molecule has 2 rings (SSSR count). The van der Waals surface area contributed by atoms with Gasteiger partial charge in [-0.25, -0.2) is 4.98 Å². The number of rotatable bonds is 4. The van der Waals surface area contributed by atoms with Crippen molar-refractivity contribution in [2.45, 2.75) is 19.9 Å². The predicted molar refractivity (Wildman–Crippen MR) is 88.9 cm³/mol. The molecule has 1 aromatic carbocycles. The first-order valence-corrected chi connectivity index (χ1v) is 7.83. The largest absolute Gasteiger partial charge is 0.389 e. The van der Waals surface area contributed by atoms with Crippen molar-refractivity contribution in [2.75, 3.05) is 5.32 Å². The Labute approximate surface area is 130 Å². The molecule has 19 heavy (non-hydrogen) atoms. The van der Waals surface area contributed by atoms with E-state index in [1.807, 2.05) is 25.1 Å². The van der Waals surface area contributed by atoms with E-state index in [0.29, 0.717) is 4.99 Å². The molecule has 1 atom stereocenters. The number of thiocarbonyl (C=S) groups is 1. The third-order valence-electron chi connectivity index (χ3n) is 2.63. The number of anilines is 1. The van der Waals surface area contributed by atoms with Gasteiger partial charge in [0.15, 0.2) is 0 Å². The lowest BCUT2D eigenvalue weighted by molar-refractivity contribution is 0.863. The van der Waals surface area contributed by atoms with Crippen LogP contribution >= 0.6 is 39.5 Å². The van der Waals surface area contributed by atoms with Gasteiger partial charge >= 0.3 is 0 Å². The van der Waals surface area contributed by atoms with Crippen molar-refractivity contribution < 1.29 is 0 Å². The molecule has 3 N–H and O–H groups in total. The van der Waals surface area contributed by atoms with Gasteiger partial charge in [0.05, 0.1) is 6.04 Å². The minimum Gasteiger partial charge on any atom is -0.389 e. The van der Waals surface area contributed by atoms with Crippen molar-refractivity contribution in [3.8, 4) is 0 Å². The van der Waals surface area contributed by atoms with Crippen LogP contribution in [-0.2, 0) is 0 Å². The standard InChI is InChI=1S/C13H14BrN3S2/c1-7-6-19-13(16-7)8(2)17-11-4-3-9(12(15)18)5-10(11)14/h3-6,8,17H,1-2H3,(H2,15,18). The fourth-order valence-corrected chi connectivity index (χ4v) is 3.08. The van der Waals surface area contributed by atoms with Gasteiger partial charge in [0.1, 0.15) is 10.00 Å². The molecular formula is C13H14BrN3S2. The molecule has 6 heteroatoms. The summed E-state index contributed by atoms with van der Waals surface area (Å²) in [6.45, 7) is 4.09. The van der Waals surface area contributed by atoms with E-state index >= 15 is 0 Å². The molecule has 0 saturated heterocycles. The molecule has 0 bridgehead atoms. The summed E-state index contributed by atoms with van der Waals surface area (Å²) in [6.07, 6.45) is 0. The molecule has 0 saturated carbocycles. The van der Waals surface area contributed by atoms with E-state index < -0.39 is 0 Å². The Kier molecular flexibility index (Phi) is 4.54. The SMILES string of the molecule is Cc1csc(C(C)Nc2ccc(C(N)=S)cc2Br)n1. The topological polar surface area (TPSA) is 50.9 Å². The van der Waals surface area contributed by atoms with Crippen molar-refractivity contribution in [1.29, 1.82) is 0 Å². The zero-order chi connectivity index (χ0) is 14.0. The quantitative estimate of drug-likeness (QED) is 0.813. The van der Waals surface area contributed by atoms with Crippen LogP contribution in [0.1, 0.15) is 29.2 Å². The van der Waals surface area contributed by atoms with Gasteiger partial charge in [-0.05, 0) is 48.0 Å². The van der Waals surface area contributed by atoms with E-state index in [4.69, 9.17) is 18.0 Å². The molecule has 0 spiro atoms. The van der Waals surface area contributed by atoms with E-state index in [-0.39, 0.29) is 6.04 Å². The van der Waals surface area contributed by atoms with E-state index in [2.05, 4.69) is 38.5 Å². The number of hydrogen-bond donors (Lipinski definition) is 2. The molecule has 3 nitrogen and oxygen atoms in total. The minimum atomic E-state index is 0.158. The summed E-state index contributed by atoms with van der Waals surface area (Å²) in [6, 6.07) is 5.96. The molecule has 0 radical (unpaired) electrons. The van der Waals surface area contributed by atoms with Crippen molar-refractivity contribution in [1.82, 2.24) is 4.98 Å². The number of aromatic nitrogens is 1. The summed E-state index contributed by atoms with van der Waals surface area (Å²) in [4.78, 5) is 4.88. The van der Waals surface area contributed by atoms with Gasteiger partial charge in [0, 0.05) is 26.8 Å². The number of nitrogens with one attached hydrogen (secondary N) is 1. The highest BCUT2D eigenvalue weighted by atomic mass is 79.9. The fourth-order valence-electron chi connectivity index (χ4n) is 1.65. The second-order valence-electron chi connectivity index (χ2n) is 4.25. The van der Waals surface area contributed by atoms with E-state index in [1.165, 1.54) is 0 Å². The number of thiazole rings is 1. The van der Waals surface area contributed by atoms with Gasteiger partial charge in [0.25, 0.3) is 0 Å². The molecule has 1 heterocycles. The summed E-state index contributed by atoms with van der Waals surface area (Å²) in [5.41, 5.74) is 8.51. The van der Waals surface area contributed by atoms with Gasteiger partial charge < -0.3 is 11.1 Å². The number of hydrogen-bond acceptors (Lipinski definition) is 4. The van der Waals surface area contributed by atoms with Gasteiger partial charge in [-0.2, -0.15) is 0 Å². The predicted octanol–water partition coefficient (Wildman–Crippen LogP) is 4.02. The Morgan fingerprint density at radius 2 is 2.26 bits per heavy atom. The van der Waals surface area contributed by atoms with Gasteiger partial charge in [0.2, 0.25) is 0 Å². The first-order valence-electron chi connectivity index (χ1n) is 5.75. The number of halogens is 1. The monoisotopic (exact) mass is 355 g/mol. The Bertz CT molecular complexity index is 610. The van der Waals surface area contributed by atoms with Crippen LogP contribution in [0.3, 0.4) is 0 Å². The highest BCUT2D eigenvalue weighted by Gasteiger charge is 2.11. The van der Waals surface area contributed by atoms with E-state index in [1.54, 1.807) is 11.3 Å². The first-order chi connectivity index (χ1) is 8.97. The second kappa shape index (κ2) is 5.98. The molecule has 0 amide bonds. The maximum absolute atomic E-state index is 5.61. The second-order valence-corrected chi connectivity index (χ2v) is 6.44. The highest BCUT2D eigenvalue weighted by molar-refractivity contribution is 9.10. The van der Waals surface area contributed by atoms with Crippen molar-refractivity contribution in [2.24, 2.45) is 5.73 Å². The van der Waals surface area contributed by atoms with Crippen molar-refractivity contribution in [3.05, 3.63) is 44.3 Å². The van der Waals surface area contributed by atoms with Gasteiger partial charge in [-0.3, -0.25) is 0 Å². The number of benzene rings is 1. The van der Waals surface area contributed by atoms with E-state index in [9.17, 15) is 0 Å². The molecular weight excluding hydrogens is 342 g/mol. The van der Waals surface area contributed by atoms with Crippen LogP contribution < -0.4 is 11.1 Å². The molecule has 0 aliphatic rings. The summed E-state index contributed by atoms with van der Waals surface area (Å²) < 4.78 is 0.943. The fraction of sp³-hybridized carbons (Fsp3) is 0.231. The lowest BCUT2D eigenvalue weighted by atomic mass is 10.2. The molecule has 2 aromatic rings. The molecule has 0 fully saturated rings. The van der Waals surface area contributed by atoms with Crippen LogP contribution in [0.5, 0.6) is 0 Å². The Hall–Kier alpha value is -0.980. The minimum absolute atomic E-state index is 0.158. The smallest absolute Gasteiger partial charge is 0.115 e. The third kappa shape index (κ3) is 3.52. The molecule has 0 aliphatic carbocycles. The lowest BCUT2D eigenvalue weighted by Gasteiger charge is -2.15.